The minimum absolute atomic E-state index is 0.0417. The Bertz CT molecular complexity index is 206. The van der Waals surface area contributed by atoms with Crippen molar-refractivity contribution in [1.82, 2.24) is 4.90 Å². The van der Waals surface area contributed by atoms with E-state index >= 15 is 0 Å². The first kappa shape index (κ1) is 15.3. The summed E-state index contributed by atoms with van der Waals surface area (Å²) >= 11 is 17.1. The molecule has 7 heteroatoms. The van der Waals surface area contributed by atoms with Gasteiger partial charge in [-0.2, -0.15) is 0 Å². The number of halogens is 3. The molecule has 0 radical (unpaired) electrons. The van der Waals surface area contributed by atoms with Gasteiger partial charge in [-0.15, -0.1) is 0 Å². The van der Waals surface area contributed by atoms with E-state index in [0.29, 0.717) is 6.42 Å². The third-order valence-electron chi connectivity index (χ3n) is 1.56. The lowest BCUT2D eigenvalue weighted by Gasteiger charge is -2.30. The molecular weight excluding hydrogens is 264 g/mol. The van der Waals surface area contributed by atoms with Crippen molar-refractivity contribution in [2.75, 3.05) is 20.7 Å². The molecule has 0 amide bonds. The van der Waals surface area contributed by atoms with Gasteiger partial charge in [0.25, 0.3) is 0 Å². The molecule has 0 fully saturated rings. The summed E-state index contributed by atoms with van der Waals surface area (Å²) in [6.07, 6.45) is -0.253. The zero-order valence-electron chi connectivity index (χ0n) is 8.54. The van der Waals surface area contributed by atoms with Crippen LogP contribution in [0.2, 0.25) is 0 Å². The summed E-state index contributed by atoms with van der Waals surface area (Å²) in [5, 5.41) is 8.40. The zero-order chi connectivity index (χ0) is 12.1. The monoisotopic (exact) mass is 277 g/mol. The number of carbonyl (C=O) groups is 1. The number of hydrogen-bond donors (Lipinski definition) is 1. The van der Waals surface area contributed by atoms with Crippen LogP contribution in [-0.4, -0.2) is 46.7 Å². The normalized spacial score (nSPS) is 14.3. The lowest BCUT2D eigenvalue weighted by molar-refractivity contribution is -0.137. The fourth-order valence-corrected chi connectivity index (χ4v) is 1.73. The van der Waals surface area contributed by atoms with Crippen LogP contribution in [0.3, 0.4) is 0 Å². The molecule has 0 saturated carbocycles. The SMILES string of the molecule is CN(C)C(OCCCC(=O)O)C(Cl)(Cl)Cl. The molecule has 0 rings (SSSR count). The molecule has 0 saturated heterocycles. The van der Waals surface area contributed by atoms with Gasteiger partial charge in [0.05, 0.1) is 0 Å². The summed E-state index contributed by atoms with van der Waals surface area (Å²) in [6, 6.07) is 0. The van der Waals surface area contributed by atoms with Crippen molar-refractivity contribution in [3.63, 3.8) is 0 Å². The van der Waals surface area contributed by atoms with E-state index < -0.39 is 16.0 Å². The molecule has 0 aromatic carbocycles. The Kier molecular flexibility index (Phi) is 6.88. The molecule has 1 N–H and O–H groups in total. The topological polar surface area (TPSA) is 49.8 Å². The predicted octanol–water partition coefficient (Wildman–Crippen LogP) is 2.13. The average Bonchev–Trinajstić information content (AvgIpc) is 1.99. The third kappa shape index (κ3) is 7.19. The number of hydrogen-bond acceptors (Lipinski definition) is 3. The zero-order valence-corrected chi connectivity index (χ0v) is 10.8. The van der Waals surface area contributed by atoms with Crippen molar-refractivity contribution >= 4 is 40.8 Å². The molecule has 1 atom stereocenters. The number of rotatable bonds is 6. The molecule has 0 aliphatic heterocycles. The summed E-state index contributed by atoms with van der Waals surface area (Å²) in [5.41, 5.74) is 0. The van der Waals surface area contributed by atoms with Gasteiger partial charge in [0.1, 0.15) is 0 Å². The van der Waals surface area contributed by atoms with Crippen LogP contribution in [0.5, 0.6) is 0 Å². The van der Waals surface area contributed by atoms with Gasteiger partial charge < -0.3 is 9.84 Å². The van der Waals surface area contributed by atoms with E-state index in [9.17, 15) is 4.79 Å². The number of nitrogens with zero attached hydrogens (tertiary/aromatic N) is 1. The van der Waals surface area contributed by atoms with Crippen molar-refractivity contribution in [3.8, 4) is 0 Å². The minimum Gasteiger partial charge on any atom is -0.481 e. The van der Waals surface area contributed by atoms with Crippen LogP contribution in [-0.2, 0) is 9.53 Å². The Morgan fingerprint density at radius 3 is 2.33 bits per heavy atom. The lowest BCUT2D eigenvalue weighted by Crippen LogP contribution is -2.41. The second-order valence-corrected chi connectivity index (χ2v) is 5.59. The van der Waals surface area contributed by atoms with Crippen LogP contribution < -0.4 is 0 Å². The maximum Gasteiger partial charge on any atom is 0.303 e. The fourth-order valence-electron chi connectivity index (χ4n) is 0.955. The molecule has 1 unspecified atom stereocenters. The Balaban J connectivity index is 3.93. The molecule has 0 bridgehead atoms. The molecular formula is C8H14Cl3NO3. The highest BCUT2D eigenvalue weighted by atomic mass is 35.6. The lowest BCUT2D eigenvalue weighted by atomic mass is 10.3. The Morgan fingerprint density at radius 1 is 1.47 bits per heavy atom. The molecule has 0 aliphatic carbocycles. The first-order chi connectivity index (χ1) is 6.75. The van der Waals surface area contributed by atoms with Crippen molar-refractivity contribution in [2.24, 2.45) is 0 Å². The van der Waals surface area contributed by atoms with Crippen molar-refractivity contribution in [3.05, 3.63) is 0 Å². The number of ether oxygens (including phenoxy) is 1. The van der Waals surface area contributed by atoms with E-state index in [-0.39, 0.29) is 13.0 Å². The minimum atomic E-state index is -1.55. The van der Waals surface area contributed by atoms with Crippen molar-refractivity contribution in [1.29, 1.82) is 0 Å². The quantitative estimate of drug-likeness (QED) is 0.459. The summed E-state index contributed by atoms with van der Waals surface area (Å²) in [5.74, 6) is -0.867. The van der Waals surface area contributed by atoms with Crippen molar-refractivity contribution in [2.45, 2.75) is 22.9 Å². The second kappa shape index (κ2) is 6.76. The van der Waals surface area contributed by atoms with E-state index in [1.54, 1.807) is 19.0 Å². The Morgan fingerprint density at radius 2 is 2.00 bits per heavy atom. The first-order valence-electron chi connectivity index (χ1n) is 4.31. The molecule has 0 spiro atoms. The van der Waals surface area contributed by atoms with Gasteiger partial charge in [-0.25, -0.2) is 0 Å². The fraction of sp³-hybridized carbons (Fsp3) is 0.875. The number of aliphatic carboxylic acids is 1. The van der Waals surface area contributed by atoms with Gasteiger partial charge in [-0.05, 0) is 20.5 Å². The molecule has 0 aromatic heterocycles. The molecule has 0 heterocycles. The summed E-state index contributed by atoms with van der Waals surface area (Å²) in [6.45, 7) is 0.239. The van der Waals surface area contributed by atoms with Gasteiger partial charge in [0, 0.05) is 13.0 Å². The van der Waals surface area contributed by atoms with Gasteiger partial charge in [0.15, 0.2) is 6.23 Å². The maximum absolute atomic E-state index is 10.2. The summed E-state index contributed by atoms with van der Waals surface area (Å²) in [7, 11) is 3.42. The molecule has 0 aliphatic rings. The Labute approximate surface area is 104 Å². The molecule has 90 valence electrons. The van der Waals surface area contributed by atoms with Crippen LogP contribution in [0, 0.1) is 0 Å². The van der Waals surface area contributed by atoms with Crippen molar-refractivity contribution < 1.29 is 14.6 Å². The van der Waals surface area contributed by atoms with E-state index in [1.807, 2.05) is 0 Å². The number of carboxylic acid groups (broad SMARTS) is 1. The molecule has 15 heavy (non-hydrogen) atoms. The highest BCUT2D eigenvalue weighted by molar-refractivity contribution is 6.68. The number of carboxylic acids is 1. The molecule has 4 nitrogen and oxygen atoms in total. The summed E-state index contributed by atoms with van der Waals surface area (Å²) < 4.78 is 3.74. The highest BCUT2D eigenvalue weighted by Gasteiger charge is 2.35. The Hall–Kier alpha value is 0.260. The van der Waals surface area contributed by atoms with Gasteiger partial charge in [-0.3, -0.25) is 9.69 Å². The predicted molar refractivity (Wildman–Crippen MR) is 60.6 cm³/mol. The maximum atomic E-state index is 10.2. The van der Waals surface area contributed by atoms with E-state index in [2.05, 4.69) is 0 Å². The van der Waals surface area contributed by atoms with Gasteiger partial charge in [0.2, 0.25) is 3.79 Å². The third-order valence-corrected chi connectivity index (χ3v) is 2.12. The highest BCUT2D eigenvalue weighted by Crippen LogP contribution is 2.33. The first-order valence-corrected chi connectivity index (χ1v) is 5.45. The number of alkyl halides is 3. The smallest absolute Gasteiger partial charge is 0.303 e. The van der Waals surface area contributed by atoms with Crippen LogP contribution in [0.1, 0.15) is 12.8 Å². The van der Waals surface area contributed by atoms with Gasteiger partial charge >= 0.3 is 5.97 Å². The van der Waals surface area contributed by atoms with Crippen LogP contribution in [0.4, 0.5) is 0 Å². The standard InChI is InChI=1S/C8H14Cl3NO3/c1-12(2)7(8(9,10)11)15-5-3-4-6(13)14/h7H,3-5H2,1-2H3,(H,13,14). The van der Waals surface area contributed by atoms with Crippen LogP contribution in [0.25, 0.3) is 0 Å². The van der Waals surface area contributed by atoms with Crippen LogP contribution in [0.15, 0.2) is 0 Å². The van der Waals surface area contributed by atoms with Gasteiger partial charge in [-0.1, -0.05) is 34.8 Å². The van der Waals surface area contributed by atoms with Crippen LogP contribution >= 0.6 is 34.8 Å². The van der Waals surface area contributed by atoms with E-state index in [4.69, 9.17) is 44.6 Å². The van der Waals surface area contributed by atoms with E-state index in [1.165, 1.54) is 0 Å². The average molecular weight is 279 g/mol. The molecule has 0 aromatic rings. The second-order valence-electron chi connectivity index (χ2n) is 3.23. The largest absolute Gasteiger partial charge is 0.481 e. The summed E-state index contributed by atoms with van der Waals surface area (Å²) in [4.78, 5) is 11.8. The van der Waals surface area contributed by atoms with E-state index in [0.717, 1.165) is 0 Å².